The summed E-state index contributed by atoms with van der Waals surface area (Å²) in [6, 6.07) is 18.4. The van der Waals surface area contributed by atoms with Crippen molar-refractivity contribution in [2.45, 2.75) is 19.5 Å². The molecular formula is C17H22N2O. The van der Waals surface area contributed by atoms with Crippen LogP contribution in [0.25, 0.3) is 0 Å². The minimum atomic E-state index is -0.0248. The van der Waals surface area contributed by atoms with Gasteiger partial charge in [-0.15, -0.1) is 0 Å². The predicted molar refractivity (Wildman–Crippen MR) is 83.6 cm³/mol. The van der Waals surface area contributed by atoms with E-state index in [1.54, 1.807) is 0 Å². The van der Waals surface area contributed by atoms with Crippen molar-refractivity contribution >= 4 is 5.69 Å². The lowest BCUT2D eigenvalue weighted by Crippen LogP contribution is -2.28. The Morgan fingerprint density at radius 3 is 2.35 bits per heavy atom. The van der Waals surface area contributed by atoms with Crippen LogP contribution in [0, 0.1) is 0 Å². The van der Waals surface area contributed by atoms with Gasteiger partial charge in [0.1, 0.15) is 0 Å². The summed E-state index contributed by atoms with van der Waals surface area (Å²) in [5.74, 6) is 0. The highest BCUT2D eigenvalue weighted by molar-refractivity contribution is 5.55. The van der Waals surface area contributed by atoms with Crippen LogP contribution in [0.15, 0.2) is 54.6 Å². The minimum Gasteiger partial charge on any atom is -0.395 e. The summed E-state index contributed by atoms with van der Waals surface area (Å²) in [6.45, 7) is 3.47. The molecule has 0 aliphatic heterocycles. The molecule has 0 aliphatic carbocycles. The maximum atomic E-state index is 9.33. The zero-order chi connectivity index (χ0) is 14.4. The Hall–Kier alpha value is -1.84. The third-order valence-electron chi connectivity index (χ3n) is 3.35. The minimum absolute atomic E-state index is 0.0248. The summed E-state index contributed by atoms with van der Waals surface area (Å²) in [7, 11) is 0. The highest BCUT2D eigenvalue weighted by Gasteiger charge is 2.13. The summed E-state index contributed by atoms with van der Waals surface area (Å²) < 4.78 is 0. The standard InChI is InChI=1S/C17H22N2O/c1-14(18)16-9-5-6-10-17(16)19(11-12-20)13-15-7-3-2-4-8-15/h2-10,14,20H,11-13,18H2,1H3/t14-/m0/s1. The first-order valence-corrected chi connectivity index (χ1v) is 6.96. The Morgan fingerprint density at radius 1 is 1.05 bits per heavy atom. The molecule has 0 unspecified atom stereocenters. The van der Waals surface area contributed by atoms with Gasteiger partial charge in [0.25, 0.3) is 0 Å². The molecule has 3 heteroatoms. The van der Waals surface area contributed by atoms with Gasteiger partial charge in [-0.2, -0.15) is 0 Å². The fraction of sp³-hybridized carbons (Fsp3) is 0.294. The fourth-order valence-corrected chi connectivity index (χ4v) is 2.37. The summed E-state index contributed by atoms with van der Waals surface area (Å²) in [5, 5.41) is 9.33. The summed E-state index contributed by atoms with van der Waals surface area (Å²) in [4.78, 5) is 2.17. The van der Waals surface area contributed by atoms with E-state index in [1.165, 1.54) is 5.56 Å². The Morgan fingerprint density at radius 2 is 1.70 bits per heavy atom. The number of benzene rings is 2. The molecule has 0 radical (unpaired) electrons. The van der Waals surface area contributed by atoms with E-state index in [9.17, 15) is 5.11 Å². The average molecular weight is 270 g/mol. The Kier molecular flexibility index (Phi) is 5.16. The molecule has 2 aromatic carbocycles. The van der Waals surface area contributed by atoms with Gasteiger partial charge in [-0.3, -0.25) is 0 Å². The van der Waals surface area contributed by atoms with Crippen LogP contribution < -0.4 is 10.6 Å². The molecule has 106 valence electrons. The molecule has 2 rings (SSSR count). The molecule has 3 N–H and O–H groups in total. The number of hydrogen-bond donors (Lipinski definition) is 2. The van der Waals surface area contributed by atoms with Crippen molar-refractivity contribution in [2.24, 2.45) is 5.73 Å². The predicted octanol–water partition coefficient (Wildman–Crippen LogP) is 2.71. The number of rotatable bonds is 6. The van der Waals surface area contributed by atoms with Crippen molar-refractivity contribution in [2.75, 3.05) is 18.1 Å². The number of nitrogens with zero attached hydrogens (tertiary/aromatic N) is 1. The maximum absolute atomic E-state index is 9.33. The first-order chi connectivity index (χ1) is 9.72. The first kappa shape index (κ1) is 14.6. The van der Waals surface area contributed by atoms with E-state index in [1.807, 2.05) is 37.3 Å². The molecule has 0 spiro atoms. The van der Waals surface area contributed by atoms with Gasteiger partial charge in [0.15, 0.2) is 0 Å². The first-order valence-electron chi connectivity index (χ1n) is 6.96. The van der Waals surface area contributed by atoms with Gasteiger partial charge in [-0.25, -0.2) is 0 Å². The molecule has 0 heterocycles. The largest absolute Gasteiger partial charge is 0.395 e. The Balaban J connectivity index is 2.29. The number of aliphatic hydroxyl groups is 1. The molecule has 0 saturated heterocycles. The number of nitrogens with two attached hydrogens (primary N) is 1. The second-order valence-corrected chi connectivity index (χ2v) is 4.98. The molecule has 1 atom stereocenters. The highest BCUT2D eigenvalue weighted by Crippen LogP contribution is 2.26. The molecule has 0 bridgehead atoms. The lowest BCUT2D eigenvalue weighted by molar-refractivity contribution is 0.301. The van der Waals surface area contributed by atoms with Crippen molar-refractivity contribution in [1.29, 1.82) is 0 Å². The van der Waals surface area contributed by atoms with Crippen LogP contribution in [-0.4, -0.2) is 18.3 Å². The van der Waals surface area contributed by atoms with E-state index in [0.29, 0.717) is 6.54 Å². The smallest absolute Gasteiger partial charge is 0.0606 e. The monoisotopic (exact) mass is 270 g/mol. The van der Waals surface area contributed by atoms with Crippen LogP contribution in [-0.2, 0) is 6.54 Å². The summed E-state index contributed by atoms with van der Waals surface area (Å²) in [6.07, 6.45) is 0. The van der Waals surface area contributed by atoms with E-state index in [-0.39, 0.29) is 12.6 Å². The number of para-hydroxylation sites is 1. The van der Waals surface area contributed by atoms with Crippen molar-refractivity contribution in [3.63, 3.8) is 0 Å². The summed E-state index contributed by atoms with van der Waals surface area (Å²) >= 11 is 0. The van der Waals surface area contributed by atoms with Gasteiger partial charge in [0, 0.05) is 24.8 Å². The van der Waals surface area contributed by atoms with Gasteiger partial charge < -0.3 is 15.7 Å². The third-order valence-corrected chi connectivity index (χ3v) is 3.35. The van der Waals surface area contributed by atoms with E-state index in [4.69, 9.17) is 5.73 Å². The van der Waals surface area contributed by atoms with E-state index in [2.05, 4.69) is 29.2 Å². The van der Waals surface area contributed by atoms with E-state index >= 15 is 0 Å². The van der Waals surface area contributed by atoms with Crippen molar-refractivity contribution in [1.82, 2.24) is 0 Å². The van der Waals surface area contributed by atoms with E-state index < -0.39 is 0 Å². The van der Waals surface area contributed by atoms with Gasteiger partial charge in [0.05, 0.1) is 6.61 Å². The molecule has 3 nitrogen and oxygen atoms in total. The maximum Gasteiger partial charge on any atom is 0.0606 e. The third kappa shape index (κ3) is 3.59. The number of aliphatic hydroxyl groups excluding tert-OH is 1. The zero-order valence-electron chi connectivity index (χ0n) is 11.9. The fourth-order valence-electron chi connectivity index (χ4n) is 2.37. The lowest BCUT2D eigenvalue weighted by Gasteiger charge is -2.27. The molecule has 20 heavy (non-hydrogen) atoms. The van der Waals surface area contributed by atoms with E-state index in [0.717, 1.165) is 17.8 Å². The van der Waals surface area contributed by atoms with Gasteiger partial charge in [-0.05, 0) is 24.1 Å². The quantitative estimate of drug-likeness (QED) is 0.848. The van der Waals surface area contributed by atoms with Gasteiger partial charge in [-0.1, -0.05) is 48.5 Å². The normalized spacial score (nSPS) is 12.2. The zero-order valence-corrected chi connectivity index (χ0v) is 11.9. The van der Waals surface area contributed by atoms with Gasteiger partial charge in [0.2, 0.25) is 0 Å². The van der Waals surface area contributed by atoms with Crippen LogP contribution in [0.5, 0.6) is 0 Å². The van der Waals surface area contributed by atoms with Crippen LogP contribution in [0.3, 0.4) is 0 Å². The lowest BCUT2D eigenvalue weighted by atomic mass is 10.1. The molecule has 0 aliphatic rings. The summed E-state index contributed by atoms with van der Waals surface area (Å²) in [5.41, 5.74) is 9.48. The molecular weight excluding hydrogens is 248 g/mol. The number of anilines is 1. The molecule has 0 fully saturated rings. The van der Waals surface area contributed by atoms with Crippen LogP contribution >= 0.6 is 0 Å². The van der Waals surface area contributed by atoms with Gasteiger partial charge >= 0.3 is 0 Å². The second kappa shape index (κ2) is 7.08. The number of hydrogen-bond acceptors (Lipinski definition) is 3. The van der Waals surface area contributed by atoms with Crippen molar-refractivity contribution in [3.8, 4) is 0 Å². The van der Waals surface area contributed by atoms with Crippen molar-refractivity contribution < 1.29 is 5.11 Å². The SMILES string of the molecule is C[C@H](N)c1ccccc1N(CCO)Cc1ccccc1. The van der Waals surface area contributed by atoms with Crippen molar-refractivity contribution in [3.05, 3.63) is 65.7 Å². The topological polar surface area (TPSA) is 49.5 Å². The Labute approximate surface area is 120 Å². The van der Waals surface area contributed by atoms with Crippen LogP contribution in [0.4, 0.5) is 5.69 Å². The second-order valence-electron chi connectivity index (χ2n) is 4.98. The molecule has 2 aromatic rings. The molecule has 0 aromatic heterocycles. The highest BCUT2D eigenvalue weighted by atomic mass is 16.3. The van der Waals surface area contributed by atoms with Crippen LogP contribution in [0.2, 0.25) is 0 Å². The molecule has 0 saturated carbocycles. The molecule has 0 amide bonds. The average Bonchev–Trinajstić information content (AvgIpc) is 2.48. The van der Waals surface area contributed by atoms with Crippen LogP contribution in [0.1, 0.15) is 24.1 Å². The Bertz CT molecular complexity index is 526.